The first-order valence-electron chi connectivity index (χ1n) is 8.55. The van der Waals surface area contributed by atoms with Crippen molar-refractivity contribution in [3.8, 4) is 11.5 Å². The Kier molecular flexibility index (Phi) is 6.04. The molecular formula is C19H21ClN2O4S. The Bertz CT molecular complexity index is 916. The van der Waals surface area contributed by atoms with Crippen molar-refractivity contribution in [2.45, 2.75) is 12.5 Å². The number of carbonyl (C=O) groups is 1. The van der Waals surface area contributed by atoms with Crippen LogP contribution in [0.15, 0.2) is 48.5 Å². The minimum absolute atomic E-state index is 0.104. The van der Waals surface area contributed by atoms with Gasteiger partial charge in [0.2, 0.25) is 5.91 Å². The van der Waals surface area contributed by atoms with E-state index in [0.717, 1.165) is 0 Å². The molecule has 144 valence electrons. The molecule has 3 rings (SSSR count). The summed E-state index contributed by atoms with van der Waals surface area (Å²) in [6.45, 7) is 0.137. The Morgan fingerprint density at radius 1 is 1.22 bits per heavy atom. The fourth-order valence-electron chi connectivity index (χ4n) is 2.94. The van der Waals surface area contributed by atoms with Gasteiger partial charge in [-0.25, -0.2) is 8.42 Å². The molecule has 1 fully saturated rings. The third-order valence-electron chi connectivity index (χ3n) is 4.43. The largest absolute Gasteiger partial charge is 0.456 e. The van der Waals surface area contributed by atoms with E-state index in [-0.39, 0.29) is 30.0 Å². The molecule has 0 aliphatic carbocycles. The van der Waals surface area contributed by atoms with E-state index >= 15 is 0 Å². The molecule has 1 aliphatic rings. The van der Waals surface area contributed by atoms with Gasteiger partial charge >= 0.3 is 0 Å². The Balaban J connectivity index is 1.53. The van der Waals surface area contributed by atoms with Crippen molar-refractivity contribution in [1.82, 2.24) is 4.90 Å². The number of hydrogen-bond donors (Lipinski definition) is 1. The molecule has 0 radical (unpaired) electrons. The lowest BCUT2D eigenvalue weighted by atomic mass is 10.2. The maximum atomic E-state index is 12.2. The number of sulfone groups is 1. The van der Waals surface area contributed by atoms with E-state index in [4.69, 9.17) is 16.3 Å². The molecule has 27 heavy (non-hydrogen) atoms. The predicted octanol–water partition coefficient (Wildman–Crippen LogP) is 3.19. The maximum absolute atomic E-state index is 12.2. The van der Waals surface area contributed by atoms with Crippen molar-refractivity contribution >= 4 is 33.0 Å². The Hall–Kier alpha value is -2.09. The molecule has 1 amide bonds. The number of likely N-dealkylation sites (N-methyl/N-ethyl adjacent to an activating group) is 1. The smallest absolute Gasteiger partial charge is 0.238 e. The molecule has 0 unspecified atom stereocenters. The second-order valence-electron chi connectivity index (χ2n) is 6.58. The van der Waals surface area contributed by atoms with E-state index in [1.54, 1.807) is 48.3 Å². The van der Waals surface area contributed by atoms with Gasteiger partial charge in [-0.3, -0.25) is 9.69 Å². The standard InChI is InChI=1S/C19H21ClN2O4S/c1-22(15-10-11-27(24,25)13-15)12-19(23)21-14-6-8-16(9-7-14)26-18-5-3-2-4-17(18)20/h2-9,15H,10-13H2,1H3,(H,21,23)/t15-/m0/s1. The van der Waals surface area contributed by atoms with Crippen LogP contribution >= 0.6 is 11.6 Å². The zero-order chi connectivity index (χ0) is 19.4. The maximum Gasteiger partial charge on any atom is 0.238 e. The highest BCUT2D eigenvalue weighted by atomic mass is 35.5. The average Bonchev–Trinajstić information content (AvgIpc) is 2.99. The monoisotopic (exact) mass is 408 g/mol. The molecule has 2 aromatic rings. The van der Waals surface area contributed by atoms with Crippen LogP contribution < -0.4 is 10.1 Å². The number of nitrogens with zero attached hydrogens (tertiary/aromatic N) is 1. The van der Waals surface area contributed by atoms with Gasteiger partial charge in [0, 0.05) is 11.7 Å². The van der Waals surface area contributed by atoms with Crippen molar-refractivity contribution in [2.75, 3.05) is 30.4 Å². The molecule has 2 aromatic carbocycles. The normalized spacial score (nSPS) is 18.4. The number of hydrogen-bond acceptors (Lipinski definition) is 5. The number of ether oxygens (including phenoxy) is 1. The van der Waals surface area contributed by atoms with Gasteiger partial charge in [0.1, 0.15) is 11.5 Å². The van der Waals surface area contributed by atoms with Crippen LogP contribution in [0.25, 0.3) is 0 Å². The van der Waals surface area contributed by atoms with E-state index in [2.05, 4.69) is 5.32 Å². The molecule has 1 saturated heterocycles. The molecule has 1 aliphatic heterocycles. The zero-order valence-corrected chi connectivity index (χ0v) is 16.5. The summed E-state index contributed by atoms with van der Waals surface area (Å²) < 4.78 is 28.8. The summed E-state index contributed by atoms with van der Waals surface area (Å²) in [7, 11) is -1.20. The van der Waals surface area contributed by atoms with Crippen molar-refractivity contribution in [3.63, 3.8) is 0 Å². The van der Waals surface area contributed by atoms with Gasteiger partial charge < -0.3 is 10.1 Å². The van der Waals surface area contributed by atoms with Crippen molar-refractivity contribution in [3.05, 3.63) is 53.6 Å². The van der Waals surface area contributed by atoms with E-state index < -0.39 is 9.84 Å². The van der Waals surface area contributed by atoms with Gasteiger partial charge in [0.25, 0.3) is 0 Å². The van der Waals surface area contributed by atoms with Crippen LogP contribution in [0.5, 0.6) is 11.5 Å². The first-order valence-corrected chi connectivity index (χ1v) is 10.8. The van der Waals surface area contributed by atoms with Crippen LogP contribution in [0.1, 0.15) is 6.42 Å². The van der Waals surface area contributed by atoms with E-state index in [1.807, 2.05) is 12.1 Å². The molecule has 0 bridgehead atoms. The molecule has 8 heteroatoms. The van der Waals surface area contributed by atoms with Crippen LogP contribution in [-0.4, -0.2) is 50.4 Å². The highest BCUT2D eigenvalue weighted by Crippen LogP contribution is 2.29. The first kappa shape index (κ1) is 19.7. The summed E-state index contributed by atoms with van der Waals surface area (Å²) in [4.78, 5) is 14.0. The summed E-state index contributed by atoms with van der Waals surface area (Å²) in [6, 6.07) is 14.0. The first-order chi connectivity index (χ1) is 12.8. The predicted molar refractivity (Wildman–Crippen MR) is 106 cm³/mol. The fraction of sp³-hybridized carbons (Fsp3) is 0.316. The molecule has 6 nitrogen and oxygen atoms in total. The number of carbonyl (C=O) groups excluding carboxylic acids is 1. The van der Waals surface area contributed by atoms with Gasteiger partial charge in [-0.1, -0.05) is 23.7 Å². The number of nitrogens with one attached hydrogen (secondary N) is 1. The SMILES string of the molecule is CN(CC(=O)Nc1ccc(Oc2ccccc2Cl)cc1)[C@H]1CCS(=O)(=O)C1. The van der Waals surface area contributed by atoms with Crippen LogP contribution in [0.4, 0.5) is 5.69 Å². The zero-order valence-electron chi connectivity index (χ0n) is 14.9. The Morgan fingerprint density at radius 3 is 2.56 bits per heavy atom. The Morgan fingerprint density at radius 2 is 1.93 bits per heavy atom. The number of para-hydroxylation sites is 1. The van der Waals surface area contributed by atoms with Gasteiger partial charge in [0.05, 0.1) is 23.1 Å². The molecule has 0 spiro atoms. The molecule has 1 heterocycles. The van der Waals surface area contributed by atoms with E-state index in [0.29, 0.717) is 28.6 Å². The topological polar surface area (TPSA) is 75.7 Å². The van der Waals surface area contributed by atoms with Crippen molar-refractivity contribution in [2.24, 2.45) is 0 Å². The van der Waals surface area contributed by atoms with Crippen LogP contribution in [0.3, 0.4) is 0 Å². The van der Waals surface area contributed by atoms with Gasteiger partial charge in [0.15, 0.2) is 9.84 Å². The molecule has 0 aromatic heterocycles. The summed E-state index contributed by atoms with van der Waals surface area (Å²) in [6.07, 6.45) is 0.570. The third kappa shape index (κ3) is 5.45. The van der Waals surface area contributed by atoms with E-state index in [1.165, 1.54) is 0 Å². The minimum Gasteiger partial charge on any atom is -0.456 e. The molecule has 1 atom stereocenters. The summed E-state index contributed by atoms with van der Waals surface area (Å²) in [5.74, 6) is 1.28. The van der Waals surface area contributed by atoms with Gasteiger partial charge in [-0.2, -0.15) is 0 Å². The summed E-state index contributed by atoms with van der Waals surface area (Å²) in [5.41, 5.74) is 0.638. The van der Waals surface area contributed by atoms with Crippen LogP contribution in [-0.2, 0) is 14.6 Å². The second kappa shape index (κ2) is 8.29. The molecule has 1 N–H and O–H groups in total. The molecular weight excluding hydrogens is 388 g/mol. The van der Waals surface area contributed by atoms with Crippen LogP contribution in [0, 0.1) is 0 Å². The van der Waals surface area contributed by atoms with Gasteiger partial charge in [-0.05, 0) is 49.9 Å². The number of halogens is 1. The lowest BCUT2D eigenvalue weighted by molar-refractivity contribution is -0.117. The Labute approximate surface area is 164 Å². The number of anilines is 1. The summed E-state index contributed by atoms with van der Waals surface area (Å²) in [5, 5.41) is 3.33. The number of rotatable bonds is 6. The van der Waals surface area contributed by atoms with Crippen molar-refractivity contribution in [1.29, 1.82) is 0 Å². The third-order valence-corrected chi connectivity index (χ3v) is 6.49. The lowest BCUT2D eigenvalue weighted by Crippen LogP contribution is -2.38. The second-order valence-corrected chi connectivity index (χ2v) is 9.21. The number of amides is 1. The highest BCUT2D eigenvalue weighted by molar-refractivity contribution is 7.91. The van der Waals surface area contributed by atoms with Crippen molar-refractivity contribution < 1.29 is 17.9 Å². The average molecular weight is 409 g/mol. The lowest BCUT2D eigenvalue weighted by Gasteiger charge is -2.22. The fourth-order valence-corrected chi connectivity index (χ4v) is 4.92. The number of benzene rings is 2. The van der Waals surface area contributed by atoms with Gasteiger partial charge in [-0.15, -0.1) is 0 Å². The summed E-state index contributed by atoms with van der Waals surface area (Å²) >= 11 is 6.07. The van der Waals surface area contributed by atoms with E-state index in [9.17, 15) is 13.2 Å². The minimum atomic E-state index is -2.97. The quantitative estimate of drug-likeness (QED) is 0.794. The highest BCUT2D eigenvalue weighted by Gasteiger charge is 2.31. The molecule has 0 saturated carbocycles. The van der Waals surface area contributed by atoms with Crippen LogP contribution in [0.2, 0.25) is 5.02 Å².